The van der Waals surface area contributed by atoms with Crippen molar-refractivity contribution in [2.24, 2.45) is 0 Å². The number of thioether (sulfide) groups is 1. The molecule has 31 heavy (non-hydrogen) atoms. The maximum absolute atomic E-state index is 13.5. The summed E-state index contributed by atoms with van der Waals surface area (Å²) in [6, 6.07) is 14.5. The number of halogens is 3. The van der Waals surface area contributed by atoms with Crippen LogP contribution in [-0.2, 0) is 23.7 Å². The zero-order valence-electron chi connectivity index (χ0n) is 17.3. The monoisotopic (exact) mass is 475 g/mol. The first-order valence-corrected chi connectivity index (χ1v) is 13.1. The van der Waals surface area contributed by atoms with Crippen LogP contribution in [0.5, 0.6) is 0 Å². The van der Waals surface area contributed by atoms with Crippen LogP contribution < -0.4 is 5.32 Å². The van der Waals surface area contributed by atoms with Gasteiger partial charge in [0, 0.05) is 11.4 Å². The van der Waals surface area contributed by atoms with E-state index in [2.05, 4.69) is 17.4 Å². The van der Waals surface area contributed by atoms with Gasteiger partial charge in [-0.2, -0.15) is 13.2 Å². The summed E-state index contributed by atoms with van der Waals surface area (Å²) in [4.78, 5) is 17.9. The minimum absolute atomic E-state index is 0.217. The molecule has 2 rings (SSSR count). The number of alkyl halides is 3. The number of hydrogen-bond acceptors (Lipinski definition) is 3. The Morgan fingerprint density at radius 1 is 0.935 bits per heavy atom. The number of hydrogen-bond donors (Lipinski definition) is 3. The highest BCUT2D eigenvalue weighted by Crippen LogP contribution is 2.38. The lowest BCUT2D eigenvalue weighted by atomic mass is 10.1. The van der Waals surface area contributed by atoms with E-state index in [9.17, 15) is 17.7 Å². The molecular weight excluding hydrogens is 446 g/mol. The lowest BCUT2D eigenvalue weighted by Gasteiger charge is -2.15. The molecule has 0 aliphatic heterocycles. The molecule has 0 spiro atoms. The fraction of sp³-hybridized carbons (Fsp3) is 0.455. The smallest absolute Gasteiger partial charge is 0.324 e. The molecule has 0 aromatic heterocycles. The van der Waals surface area contributed by atoms with Gasteiger partial charge >= 0.3 is 13.8 Å². The number of nitrogens with one attached hydrogen (secondary N) is 1. The average Bonchev–Trinajstić information content (AvgIpc) is 2.70. The maximum atomic E-state index is 13.5. The Morgan fingerprint density at radius 3 is 2.35 bits per heavy atom. The van der Waals surface area contributed by atoms with E-state index in [1.54, 1.807) is 6.07 Å². The highest BCUT2D eigenvalue weighted by atomic mass is 32.2. The highest BCUT2D eigenvalue weighted by Gasteiger charge is 2.33. The zero-order valence-corrected chi connectivity index (χ0v) is 19.0. The number of unbranched alkanes of at least 4 members (excludes halogenated alkanes) is 2. The third-order valence-corrected chi connectivity index (χ3v) is 6.75. The standard InChI is InChI=1S/C22H29F3NO3PS/c23-22(24,25)20-16-19(17-26-13-7-14-30(27,28)29)11-12-21(20)31-15-6-2-5-10-18-8-3-1-4-9-18/h1,3-4,8-9,11-12,16,26H,2,5-7,10,13-15,17H2,(H2,27,28,29). The minimum Gasteiger partial charge on any atom is -0.324 e. The van der Waals surface area contributed by atoms with Crippen molar-refractivity contribution in [3.8, 4) is 0 Å². The molecule has 0 atom stereocenters. The lowest BCUT2D eigenvalue weighted by Crippen LogP contribution is -2.17. The van der Waals surface area contributed by atoms with Gasteiger partial charge in [-0.15, -0.1) is 11.8 Å². The van der Waals surface area contributed by atoms with E-state index < -0.39 is 19.3 Å². The summed E-state index contributed by atoms with van der Waals surface area (Å²) in [5, 5.41) is 2.93. The molecule has 3 N–H and O–H groups in total. The summed E-state index contributed by atoms with van der Waals surface area (Å²) < 4.78 is 51.3. The second-order valence-electron chi connectivity index (χ2n) is 7.39. The van der Waals surface area contributed by atoms with Gasteiger partial charge in [-0.3, -0.25) is 4.57 Å². The van der Waals surface area contributed by atoms with E-state index in [-0.39, 0.29) is 24.0 Å². The van der Waals surface area contributed by atoms with Crippen molar-refractivity contribution in [3.63, 3.8) is 0 Å². The molecule has 9 heteroatoms. The van der Waals surface area contributed by atoms with E-state index in [0.29, 0.717) is 17.9 Å². The van der Waals surface area contributed by atoms with Crippen LogP contribution in [0.25, 0.3) is 0 Å². The van der Waals surface area contributed by atoms with Crippen LogP contribution in [0, 0.1) is 0 Å². The molecule has 0 saturated heterocycles. The average molecular weight is 476 g/mol. The molecule has 0 fully saturated rings. The molecule has 0 bridgehead atoms. The molecule has 2 aromatic rings. The van der Waals surface area contributed by atoms with E-state index in [1.165, 1.54) is 23.4 Å². The van der Waals surface area contributed by atoms with E-state index in [0.717, 1.165) is 31.7 Å². The Kier molecular flexibility index (Phi) is 10.6. The minimum atomic E-state index is -4.42. The Morgan fingerprint density at radius 2 is 1.68 bits per heavy atom. The molecule has 0 saturated carbocycles. The van der Waals surface area contributed by atoms with Crippen molar-refractivity contribution < 1.29 is 27.5 Å². The topological polar surface area (TPSA) is 69.6 Å². The normalized spacial score (nSPS) is 12.3. The van der Waals surface area contributed by atoms with Crippen molar-refractivity contribution in [1.82, 2.24) is 5.32 Å². The van der Waals surface area contributed by atoms with Gasteiger partial charge in [0.25, 0.3) is 0 Å². The van der Waals surface area contributed by atoms with E-state index >= 15 is 0 Å². The Bertz CT molecular complexity index is 844. The molecule has 4 nitrogen and oxygen atoms in total. The summed E-state index contributed by atoms with van der Waals surface area (Å²) >= 11 is 1.24. The summed E-state index contributed by atoms with van der Waals surface area (Å²) in [6.45, 7) is 0.542. The first-order chi connectivity index (χ1) is 14.6. The number of aryl methyl sites for hydroxylation is 1. The Balaban J connectivity index is 1.79. The summed E-state index contributed by atoms with van der Waals surface area (Å²) in [5.41, 5.74) is 1.15. The SMILES string of the molecule is O=P(O)(O)CCCNCc1ccc(SCCCCCc2ccccc2)c(C(F)(F)F)c1. The first-order valence-electron chi connectivity index (χ1n) is 10.3. The quantitative estimate of drug-likeness (QED) is 0.192. The van der Waals surface area contributed by atoms with E-state index in [1.807, 2.05) is 18.2 Å². The van der Waals surface area contributed by atoms with Crippen molar-refractivity contribution in [3.05, 3.63) is 65.2 Å². The van der Waals surface area contributed by atoms with Crippen LogP contribution in [-0.4, -0.2) is 28.2 Å². The van der Waals surface area contributed by atoms with E-state index in [4.69, 9.17) is 9.79 Å². The largest absolute Gasteiger partial charge is 0.417 e. The van der Waals surface area contributed by atoms with Crippen LogP contribution in [0.1, 0.15) is 42.4 Å². The van der Waals surface area contributed by atoms with Gasteiger partial charge in [-0.1, -0.05) is 42.8 Å². The highest BCUT2D eigenvalue weighted by molar-refractivity contribution is 7.99. The van der Waals surface area contributed by atoms with Crippen molar-refractivity contribution in [1.29, 1.82) is 0 Å². The molecule has 172 valence electrons. The molecule has 0 heterocycles. The van der Waals surface area contributed by atoms with Crippen molar-refractivity contribution in [2.45, 2.75) is 49.7 Å². The van der Waals surface area contributed by atoms with Gasteiger partial charge in [0.1, 0.15) is 0 Å². The summed E-state index contributed by atoms with van der Waals surface area (Å²) in [7, 11) is -4.04. The molecule has 0 radical (unpaired) electrons. The van der Waals surface area contributed by atoms with Gasteiger partial charge in [-0.25, -0.2) is 0 Å². The van der Waals surface area contributed by atoms with Crippen LogP contribution in [0.4, 0.5) is 13.2 Å². The predicted molar refractivity (Wildman–Crippen MR) is 119 cm³/mol. The van der Waals surface area contributed by atoms with Crippen LogP contribution in [0.3, 0.4) is 0 Å². The van der Waals surface area contributed by atoms with Gasteiger partial charge < -0.3 is 15.1 Å². The van der Waals surface area contributed by atoms with Gasteiger partial charge in [-0.05, 0) is 61.2 Å². The molecular formula is C22H29F3NO3PS. The van der Waals surface area contributed by atoms with Gasteiger partial charge in [0.15, 0.2) is 0 Å². The third kappa shape index (κ3) is 10.7. The van der Waals surface area contributed by atoms with Crippen LogP contribution in [0.15, 0.2) is 53.4 Å². The van der Waals surface area contributed by atoms with Crippen molar-refractivity contribution in [2.75, 3.05) is 18.5 Å². The predicted octanol–water partition coefficient (Wildman–Crippen LogP) is 5.87. The zero-order chi connectivity index (χ0) is 22.7. The van der Waals surface area contributed by atoms with Crippen molar-refractivity contribution >= 4 is 19.4 Å². The fourth-order valence-electron chi connectivity index (χ4n) is 3.11. The number of rotatable bonds is 13. The number of benzene rings is 2. The second-order valence-corrected chi connectivity index (χ2v) is 10.3. The fourth-order valence-corrected chi connectivity index (χ4v) is 4.74. The first kappa shape index (κ1) is 25.9. The molecule has 2 aromatic carbocycles. The summed E-state index contributed by atoms with van der Waals surface area (Å²) in [5.74, 6) is 0.637. The maximum Gasteiger partial charge on any atom is 0.417 e. The lowest BCUT2D eigenvalue weighted by molar-refractivity contribution is -0.139. The summed E-state index contributed by atoms with van der Waals surface area (Å²) in [6.07, 6.45) is -0.578. The molecule has 0 aliphatic rings. The molecule has 0 amide bonds. The second kappa shape index (κ2) is 12.7. The Hall–Kier alpha value is -1.31. The van der Waals surface area contributed by atoms with Gasteiger partial charge in [0.2, 0.25) is 0 Å². The Labute approximate surface area is 185 Å². The molecule has 0 unspecified atom stereocenters. The van der Waals surface area contributed by atoms with Gasteiger partial charge in [0.05, 0.1) is 11.7 Å². The van der Waals surface area contributed by atoms with Crippen LogP contribution >= 0.6 is 19.4 Å². The molecule has 0 aliphatic carbocycles. The third-order valence-electron chi connectivity index (χ3n) is 4.69. The van der Waals surface area contributed by atoms with Crippen LogP contribution in [0.2, 0.25) is 0 Å².